The van der Waals surface area contributed by atoms with Crippen LogP contribution in [0, 0.1) is 17.6 Å². The fourth-order valence-electron chi connectivity index (χ4n) is 2.49. The molecule has 19 heavy (non-hydrogen) atoms. The summed E-state index contributed by atoms with van der Waals surface area (Å²) in [5.41, 5.74) is 5.91. The van der Waals surface area contributed by atoms with Crippen molar-refractivity contribution in [3.05, 3.63) is 23.8 Å². The number of hydrogen-bond acceptors (Lipinski definition) is 3. The van der Waals surface area contributed by atoms with Crippen LogP contribution in [-0.4, -0.2) is 31.1 Å². The maximum absolute atomic E-state index is 13.3. The van der Waals surface area contributed by atoms with Crippen molar-refractivity contribution in [1.82, 2.24) is 4.90 Å². The Morgan fingerprint density at radius 2 is 2.00 bits per heavy atom. The van der Waals surface area contributed by atoms with Crippen LogP contribution in [0.2, 0.25) is 0 Å². The predicted octanol–water partition coefficient (Wildman–Crippen LogP) is 2.69. The van der Waals surface area contributed by atoms with Gasteiger partial charge < -0.3 is 16.0 Å². The number of nitrogens with two attached hydrogens (primary N) is 1. The zero-order valence-corrected chi connectivity index (χ0v) is 11.3. The van der Waals surface area contributed by atoms with Crippen molar-refractivity contribution in [1.29, 1.82) is 0 Å². The van der Waals surface area contributed by atoms with E-state index < -0.39 is 11.6 Å². The third kappa shape index (κ3) is 3.80. The van der Waals surface area contributed by atoms with Gasteiger partial charge in [-0.25, -0.2) is 8.78 Å². The molecule has 0 bridgehead atoms. The smallest absolute Gasteiger partial charge is 0.151 e. The van der Waals surface area contributed by atoms with Crippen LogP contribution in [0.25, 0.3) is 0 Å². The molecule has 1 aliphatic rings. The molecule has 0 amide bonds. The van der Waals surface area contributed by atoms with E-state index in [1.165, 1.54) is 18.9 Å². The van der Waals surface area contributed by atoms with Crippen LogP contribution in [0.5, 0.6) is 0 Å². The number of nitrogens with zero attached hydrogens (tertiary/aromatic N) is 1. The second kappa shape index (κ2) is 6.19. The van der Waals surface area contributed by atoms with Crippen LogP contribution in [0.15, 0.2) is 12.1 Å². The Balaban J connectivity index is 1.87. The minimum atomic E-state index is -0.713. The van der Waals surface area contributed by atoms with Gasteiger partial charge in [-0.3, -0.25) is 0 Å². The Morgan fingerprint density at radius 3 is 2.68 bits per heavy atom. The SMILES string of the molecule is CC(CNc1cc(F)cc(F)c1N)CN1CCCC1. The van der Waals surface area contributed by atoms with Crippen molar-refractivity contribution in [3.63, 3.8) is 0 Å². The molecule has 1 atom stereocenters. The second-order valence-corrected chi connectivity index (χ2v) is 5.34. The fourth-order valence-corrected chi connectivity index (χ4v) is 2.49. The van der Waals surface area contributed by atoms with Gasteiger partial charge in [-0.1, -0.05) is 6.92 Å². The number of halogens is 2. The summed E-state index contributed by atoms with van der Waals surface area (Å²) in [7, 11) is 0. The fraction of sp³-hybridized carbons (Fsp3) is 0.571. The van der Waals surface area contributed by atoms with Crippen LogP contribution in [0.1, 0.15) is 19.8 Å². The molecule has 0 spiro atoms. The molecule has 0 radical (unpaired) electrons. The van der Waals surface area contributed by atoms with Crippen molar-refractivity contribution >= 4 is 11.4 Å². The number of rotatable bonds is 5. The van der Waals surface area contributed by atoms with Crippen molar-refractivity contribution in [2.45, 2.75) is 19.8 Å². The number of hydrogen-bond donors (Lipinski definition) is 2. The van der Waals surface area contributed by atoms with Crippen LogP contribution in [-0.2, 0) is 0 Å². The maximum atomic E-state index is 13.3. The van der Waals surface area contributed by atoms with Gasteiger partial charge in [0.15, 0.2) is 5.82 Å². The molecule has 106 valence electrons. The number of anilines is 2. The Labute approximate surface area is 112 Å². The van der Waals surface area contributed by atoms with E-state index in [0.29, 0.717) is 18.2 Å². The van der Waals surface area contributed by atoms with Crippen LogP contribution >= 0.6 is 0 Å². The van der Waals surface area contributed by atoms with E-state index in [1.54, 1.807) is 0 Å². The van der Waals surface area contributed by atoms with Gasteiger partial charge in [0.2, 0.25) is 0 Å². The summed E-state index contributed by atoms with van der Waals surface area (Å²) in [5, 5.41) is 3.04. The maximum Gasteiger partial charge on any atom is 0.151 e. The lowest BCUT2D eigenvalue weighted by Gasteiger charge is -2.21. The number of benzene rings is 1. The van der Waals surface area contributed by atoms with Gasteiger partial charge in [0.25, 0.3) is 0 Å². The molecule has 1 aromatic carbocycles. The Kier molecular flexibility index (Phi) is 4.58. The number of nitrogen functional groups attached to an aromatic ring is 1. The third-order valence-electron chi connectivity index (χ3n) is 3.50. The molecule has 1 aromatic rings. The van der Waals surface area contributed by atoms with Gasteiger partial charge in [-0.05, 0) is 37.9 Å². The van der Waals surface area contributed by atoms with Gasteiger partial charge in [0.05, 0.1) is 11.4 Å². The third-order valence-corrected chi connectivity index (χ3v) is 3.50. The van der Waals surface area contributed by atoms with Gasteiger partial charge in [0.1, 0.15) is 5.82 Å². The highest BCUT2D eigenvalue weighted by Crippen LogP contribution is 2.23. The largest absolute Gasteiger partial charge is 0.395 e. The first-order valence-corrected chi connectivity index (χ1v) is 6.77. The highest BCUT2D eigenvalue weighted by atomic mass is 19.1. The zero-order valence-electron chi connectivity index (χ0n) is 11.3. The molecule has 3 nitrogen and oxygen atoms in total. The Morgan fingerprint density at radius 1 is 1.32 bits per heavy atom. The zero-order chi connectivity index (χ0) is 13.8. The minimum Gasteiger partial charge on any atom is -0.395 e. The summed E-state index contributed by atoms with van der Waals surface area (Å²) in [5.74, 6) is -0.917. The van der Waals surface area contributed by atoms with E-state index in [0.717, 1.165) is 25.7 Å². The average Bonchev–Trinajstić information content (AvgIpc) is 2.84. The summed E-state index contributed by atoms with van der Waals surface area (Å²) >= 11 is 0. The van der Waals surface area contributed by atoms with Gasteiger partial charge in [0, 0.05) is 19.2 Å². The summed E-state index contributed by atoms with van der Waals surface area (Å²) < 4.78 is 26.4. The molecule has 1 saturated heterocycles. The molecular formula is C14H21F2N3. The molecule has 1 aliphatic heterocycles. The topological polar surface area (TPSA) is 41.3 Å². The van der Waals surface area contributed by atoms with E-state index in [4.69, 9.17) is 5.73 Å². The first-order valence-electron chi connectivity index (χ1n) is 6.77. The summed E-state index contributed by atoms with van der Waals surface area (Å²) in [6, 6.07) is 2.04. The lowest BCUT2D eigenvalue weighted by atomic mass is 10.1. The Hall–Kier alpha value is -1.36. The van der Waals surface area contributed by atoms with Gasteiger partial charge in [-0.15, -0.1) is 0 Å². The first kappa shape index (κ1) is 14.1. The van der Waals surface area contributed by atoms with Crippen molar-refractivity contribution in [2.75, 3.05) is 37.2 Å². The number of nitrogens with one attached hydrogen (secondary N) is 1. The standard InChI is InChI=1S/C14H21F2N3/c1-10(9-19-4-2-3-5-19)8-18-13-7-11(15)6-12(16)14(13)17/h6-7,10,18H,2-5,8-9,17H2,1H3. The predicted molar refractivity (Wildman–Crippen MR) is 74.1 cm³/mol. The highest BCUT2D eigenvalue weighted by Gasteiger charge is 2.15. The van der Waals surface area contributed by atoms with Crippen LogP contribution < -0.4 is 11.1 Å². The lowest BCUT2D eigenvalue weighted by Crippen LogP contribution is -2.29. The molecule has 5 heteroatoms. The summed E-state index contributed by atoms with van der Waals surface area (Å²) in [6.45, 7) is 6.09. The molecule has 1 heterocycles. The minimum absolute atomic E-state index is 0.0187. The van der Waals surface area contributed by atoms with Crippen molar-refractivity contribution in [2.24, 2.45) is 5.92 Å². The summed E-state index contributed by atoms with van der Waals surface area (Å²) in [6.07, 6.45) is 2.53. The van der Waals surface area contributed by atoms with E-state index in [2.05, 4.69) is 17.1 Å². The van der Waals surface area contributed by atoms with Gasteiger partial charge >= 0.3 is 0 Å². The quantitative estimate of drug-likeness (QED) is 0.808. The number of likely N-dealkylation sites (tertiary alicyclic amines) is 1. The van der Waals surface area contributed by atoms with E-state index in [9.17, 15) is 8.78 Å². The molecular weight excluding hydrogens is 248 g/mol. The summed E-state index contributed by atoms with van der Waals surface area (Å²) in [4.78, 5) is 2.42. The molecule has 0 saturated carbocycles. The lowest BCUT2D eigenvalue weighted by molar-refractivity contribution is 0.294. The average molecular weight is 269 g/mol. The van der Waals surface area contributed by atoms with E-state index >= 15 is 0 Å². The Bertz CT molecular complexity index is 431. The molecule has 0 aromatic heterocycles. The molecule has 3 N–H and O–H groups in total. The molecule has 1 unspecified atom stereocenters. The van der Waals surface area contributed by atoms with Gasteiger partial charge in [-0.2, -0.15) is 0 Å². The molecule has 2 rings (SSSR count). The van der Waals surface area contributed by atoms with Crippen LogP contribution in [0.4, 0.5) is 20.2 Å². The van der Waals surface area contributed by atoms with Crippen molar-refractivity contribution < 1.29 is 8.78 Å². The van der Waals surface area contributed by atoms with Crippen LogP contribution in [0.3, 0.4) is 0 Å². The normalized spacial score (nSPS) is 17.6. The van der Waals surface area contributed by atoms with E-state index in [1.807, 2.05) is 0 Å². The first-order chi connectivity index (χ1) is 9.06. The van der Waals surface area contributed by atoms with Crippen molar-refractivity contribution in [3.8, 4) is 0 Å². The van der Waals surface area contributed by atoms with E-state index in [-0.39, 0.29) is 5.69 Å². The monoisotopic (exact) mass is 269 g/mol. The molecule has 1 fully saturated rings. The highest BCUT2D eigenvalue weighted by molar-refractivity contribution is 5.66. The second-order valence-electron chi connectivity index (χ2n) is 5.34. The molecule has 0 aliphatic carbocycles.